The summed E-state index contributed by atoms with van der Waals surface area (Å²) in [6.07, 6.45) is 0. The molecule has 0 aliphatic rings. The molecule has 1 N–H and O–H groups in total. The van der Waals surface area contributed by atoms with E-state index in [2.05, 4.69) is 9.97 Å². The molecule has 3 rings (SSSR count). The van der Waals surface area contributed by atoms with Gasteiger partial charge in [-0.3, -0.25) is 4.79 Å². The van der Waals surface area contributed by atoms with Gasteiger partial charge in [0.15, 0.2) is 0 Å². The number of carbonyl (C=O) groups is 1. The number of benzene rings is 2. The average molecular weight is 464 g/mol. The Bertz CT molecular complexity index is 1300. The number of fused-ring (bicyclic) bond motifs is 1. The fourth-order valence-corrected chi connectivity index (χ4v) is 4.85. The maximum absolute atomic E-state index is 12.7. The SMILES string of the molecule is CCN(CC)S(=O)(=O)c1ccc(Cl)c(C(=O)OCc2nc3c(C)cccc3c(=O)[nH]2)c1. The van der Waals surface area contributed by atoms with Gasteiger partial charge < -0.3 is 9.72 Å². The Hall–Kier alpha value is -2.75. The lowest BCUT2D eigenvalue weighted by atomic mass is 10.1. The summed E-state index contributed by atoms with van der Waals surface area (Å²) in [6, 6.07) is 9.12. The lowest BCUT2D eigenvalue weighted by molar-refractivity contribution is 0.0462. The van der Waals surface area contributed by atoms with Crippen molar-refractivity contribution in [2.45, 2.75) is 32.3 Å². The zero-order chi connectivity index (χ0) is 22.8. The van der Waals surface area contributed by atoms with Gasteiger partial charge in [-0.25, -0.2) is 18.2 Å². The van der Waals surface area contributed by atoms with Crippen LogP contribution in [0.25, 0.3) is 10.9 Å². The molecule has 0 radical (unpaired) electrons. The molecule has 0 unspecified atom stereocenters. The summed E-state index contributed by atoms with van der Waals surface area (Å²) < 4.78 is 32.0. The zero-order valence-corrected chi connectivity index (χ0v) is 18.9. The van der Waals surface area contributed by atoms with Crippen molar-refractivity contribution in [1.82, 2.24) is 14.3 Å². The highest BCUT2D eigenvalue weighted by Gasteiger charge is 2.24. The van der Waals surface area contributed by atoms with Crippen LogP contribution < -0.4 is 5.56 Å². The number of esters is 1. The Morgan fingerprint density at radius 1 is 1.19 bits per heavy atom. The Labute approximate surface area is 184 Å². The van der Waals surface area contributed by atoms with E-state index in [0.29, 0.717) is 24.0 Å². The molecule has 0 atom stereocenters. The predicted molar refractivity (Wildman–Crippen MR) is 118 cm³/mol. The lowest BCUT2D eigenvalue weighted by Gasteiger charge is -2.19. The molecule has 0 amide bonds. The standard InChI is InChI=1S/C21H22ClN3O5S/c1-4-25(5-2)31(28,29)14-9-10-17(22)16(11-14)21(27)30-12-18-23-19-13(3)7-6-8-15(19)20(26)24-18/h6-11H,4-5,12H2,1-3H3,(H,23,24,26). The number of para-hydroxylation sites is 1. The third kappa shape index (κ3) is 4.63. The number of ether oxygens (including phenoxy) is 1. The molecule has 31 heavy (non-hydrogen) atoms. The van der Waals surface area contributed by atoms with Gasteiger partial charge in [0.05, 0.1) is 26.4 Å². The molecule has 2 aromatic carbocycles. The van der Waals surface area contributed by atoms with E-state index in [4.69, 9.17) is 16.3 Å². The van der Waals surface area contributed by atoms with Crippen LogP contribution in [-0.2, 0) is 21.4 Å². The molecular weight excluding hydrogens is 442 g/mol. The molecule has 1 aromatic heterocycles. The van der Waals surface area contributed by atoms with Crippen LogP contribution >= 0.6 is 11.6 Å². The number of aryl methyl sites for hydroxylation is 1. The van der Waals surface area contributed by atoms with Gasteiger partial charge >= 0.3 is 5.97 Å². The Morgan fingerprint density at radius 3 is 2.58 bits per heavy atom. The van der Waals surface area contributed by atoms with Crippen molar-refractivity contribution in [3.05, 3.63) is 68.7 Å². The number of aromatic nitrogens is 2. The highest BCUT2D eigenvalue weighted by Crippen LogP contribution is 2.24. The van der Waals surface area contributed by atoms with Crippen molar-refractivity contribution < 1.29 is 17.9 Å². The number of hydrogen-bond donors (Lipinski definition) is 1. The number of aromatic amines is 1. The second kappa shape index (κ2) is 9.17. The minimum Gasteiger partial charge on any atom is -0.454 e. The van der Waals surface area contributed by atoms with Crippen molar-refractivity contribution in [2.75, 3.05) is 13.1 Å². The Morgan fingerprint density at radius 2 is 1.90 bits per heavy atom. The number of carbonyl (C=O) groups excluding carboxylic acids is 1. The summed E-state index contributed by atoms with van der Waals surface area (Å²) >= 11 is 6.11. The molecule has 0 saturated heterocycles. The number of H-pyrrole nitrogens is 1. The van der Waals surface area contributed by atoms with Gasteiger partial charge in [0.25, 0.3) is 5.56 Å². The van der Waals surface area contributed by atoms with E-state index in [1.54, 1.807) is 26.0 Å². The first-order chi connectivity index (χ1) is 14.7. The maximum Gasteiger partial charge on any atom is 0.340 e. The summed E-state index contributed by atoms with van der Waals surface area (Å²) in [5, 5.41) is 0.492. The molecule has 0 fully saturated rings. The fourth-order valence-electron chi connectivity index (χ4n) is 3.17. The van der Waals surface area contributed by atoms with Crippen LogP contribution in [0.15, 0.2) is 46.1 Å². The summed E-state index contributed by atoms with van der Waals surface area (Å²) in [5.41, 5.74) is 0.899. The molecule has 10 heteroatoms. The minimum atomic E-state index is -3.77. The third-order valence-electron chi connectivity index (χ3n) is 4.83. The molecule has 0 aliphatic heterocycles. The van der Waals surface area contributed by atoms with E-state index < -0.39 is 16.0 Å². The highest BCUT2D eigenvalue weighted by molar-refractivity contribution is 7.89. The predicted octanol–water partition coefficient (Wildman–Crippen LogP) is 3.27. The molecule has 0 bridgehead atoms. The molecule has 3 aromatic rings. The number of sulfonamides is 1. The molecule has 8 nitrogen and oxygen atoms in total. The van der Waals surface area contributed by atoms with Crippen molar-refractivity contribution >= 4 is 38.5 Å². The molecule has 0 aliphatic carbocycles. The average Bonchev–Trinajstić information content (AvgIpc) is 2.73. The molecule has 0 spiro atoms. The van der Waals surface area contributed by atoms with Gasteiger partial charge in [-0.2, -0.15) is 4.31 Å². The minimum absolute atomic E-state index is 0.0549. The summed E-state index contributed by atoms with van der Waals surface area (Å²) in [7, 11) is -3.77. The normalized spacial score (nSPS) is 11.8. The van der Waals surface area contributed by atoms with Gasteiger partial charge in [-0.15, -0.1) is 0 Å². The van der Waals surface area contributed by atoms with E-state index in [0.717, 1.165) is 5.56 Å². The first-order valence-corrected chi connectivity index (χ1v) is 11.5. The van der Waals surface area contributed by atoms with E-state index in [1.165, 1.54) is 22.5 Å². The van der Waals surface area contributed by atoms with Crippen molar-refractivity contribution in [1.29, 1.82) is 0 Å². The first-order valence-electron chi connectivity index (χ1n) is 9.64. The maximum atomic E-state index is 12.7. The first kappa shape index (κ1) is 22.9. The molecule has 164 valence electrons. The van der Waals surface area contributed by atoms with E-state index in [9.17, 15) is 18.0 Å². The monoisotopic (exact) mass is 463 g/mol. The third-order valence-corrected chi connectivity index (χ3v) is 7.20. The van der Waals surface area contributed by atoms with Gasteiger partial charge in [-0.1, -0.05) is 37.6 Å². The molecule has 1 heterocycles. The number of nitrogens with one attached hydrogen (secondary N) is 1. The fraction of sp³-hybridized carbons (Fsp3) is 0.286. The van der Waals surface area contributed by atoms with Crippen LogP contribution in [0.5, 0.6) is 0 Å². The van der Waals surface area contributed by atoms with Crippen LogP contribution in [0.4, 0.5) is 0 Å². The van der Waals surface area contributed by atoms with Crippen molar-refractivity contribution in [3.63, 3.8) is 0 Å². The Kier molecular flexibility index (Phi) is 6.78. The van der Waals surface area contributed by atoms with Crippen LogP contribution in [0.3, 0.4) is 0 Å². The summed E-state index contributed by atoms with van der Waals surface area (Å²) in [6.45, 7) is 5.56. The van der Waals surface area contributed by atoms with Crippen LogP contribution in [-0.4, -0.2) is 41.7 Å². The van der Waals surface area contributed by atoms with Gasteiger partial charge in [-0.05, 0) is 36.8 Å². The second-order valence-electron chi connectivity index (χ2n) is 6.79. The van der Waals surface area contributed by atoms with E-state index >= 15 is 0 Å². The van der Waals surface area contributed by atoms with Crippen molar-refractivity contribution in [3.8, 4) is 0 Å². The quantitative estimate of drug-likeness (QED) is 0.538. The highest BCUT2D eigenvalue weighted by atomic mass is 35.5. The molecular formula is C21H22ClN3O5S. The number of nitrogens with zero attached hydrogens (tertiary/aromatic N) is 2. The van der Waals surface area contributed by atoms with E-state index in [-0.39, 0.29) is 33.5 Å². The summed E-state index contributed by atoms with van der Waals surface area (Å²) in [4.78, 5) is 31.8. The van der Waals surface area contributed by atoms with Crippen molar-refractivity contribution in [2.24, 2.45) is 0 Å². The van der Waals surface area contributed by atoms with Gasteiger partial charge in [0.1, 0.15) is 12.4 Å². The Balaban J connectivity index is 1.87. The van der Waals surface area contributed by atoms with E-state index in [1.807, 2.05) is 13.0 Å². The second-order valence-corrected chi connectivity index (χ2v) is 9.14. The number of rotatable bonds is 7. The smallest absolute Gasteiger partial charge is 0.340 e. The number of hydrogen-bond acceptors (Lipinski definition) is 6. The lowest BCUT2D eigenvalue weighted by Crippen LogP contribution is -2.30. The van der Waals surface area contributed by atoms with Crippen LogP contribution in [0, 0.1) is 6.92 Å². The largest absolute Gasteiger partial charge is 0.454 e. The molecule has 0 saturated carbocycles. The van der Waals surface area contributed by atoms with Gasteiger partial charge in [0.2, 0.25) is 10.0 Å². The summed E-state index contributed by atoms with van der Waals surface area (Å²) in [5.74, 6) is -0.655. The van der Waals surface area contributed by atoms with Crippen LogP contribution in [0.2, 0.25) is 5.02 Å². The topological polar surface area (TPSA) is 109 Å². The zero-order valence-electron chi connectivity index (χ0n) is 17.3. The number of halogens is 1. The van der Waals surface area contributed by atoms with Gasteiger partial charge in [0, 0.05) is 13.1 Å². The van der Waals surface area contributed by atoms with Crippen LogP contribution in [0.1, 0.15) is 35.6 Å².